The van der Waals surface area contributed by atoms with Gasteiger partial charge in [-0.15, -0.1) is 0 Å². The number of nitrogens with one attached hydrogen (secondary N) is 1. The number of likely N-dealkylation sites (tertiary alicyclic amines) is 1. The Hall–Kier alpha value is -1.69. The van der Waals surface area contributed by atoms with E-state index >= 15 is 0 Å². The van der Waals surface area contributed by atoms with Crippen LogP contribution in [0, 0.1) is 5.41 Å². The summed E-state index contributed by atoms with van der Waals surface area (Å²) in [5.41, 5.74) is 0.213. The Morgan fingerprint density at radius 1 is 1.35 bits per heavy atom. The first-order valence-electron chi connectivity index (χ1n) is 8.34. The van der Waals surface area contributed by atoms with Gasteiger partial charge in [0, 0.05) is 18.4 Å². The van der Waals surface area contributed by atoms with Gasteiger partial charge >= 0.3 is 0 Å². The molecule has 1 fully saturated rings. The van der Waals surface area contributed by atoms with E-state index in [0.29, 0.717) is 5.88 Å². The average Bonchev–Trinajstić information content (AvgIpc) is 2.55. The normalized spacial score (nSPS) is 17.0. The first-order chi connectivity index (χ1) is 10.9. The number of aromatic nitrogens is 2. The number of hydrogen-bond donors (Lipinski definition) is 1. The first-order valence-corrected chi connectivity index (χ1v) is 8.34. The van der Waals surface area contributed by atoms with Gasteiger partial charge in [0.1, 0.15) is 12.3 Å². The van der Waals surface area contributed by atoms with Crippen LogP contribution in [0.5, 0.6) is 5.88 Å². The van der Waals surface area contributed by atoms with Gasteiger partial charge in [0.15, 0.2) is 0 Å². The lowest BCUT2D eigenvalue weighted by atomic mass is 9.92. The molecule has 0 bridgehead atoms. The lowest BCUT2D eigenvalue weighted by Crippen LogP contribution is -2.49. The van der Waals surface area contributed by atoms with Crippen molar-refractivity contribution in [1.82, 2.24) is 20.2 Å². The van der Waals surface area contributed by atoms with Gasteiger partial charge in [-0.1, -0.05) is 6.92 Å². The Labute approximate surface area is 138 Å². The average molecular weight is 320 g/mol. The number of carbonyl (C=O) groups is 1. The zero-order valence-electron chi connectivity index (χ0n) is 14.6. The highest BCUT2D eigenvalue weighted by molar-refractivity contribution is 5.82. The smallest absolute Gasteiger partial charge is 0.235 e. The Morgan fingerprint density at radius 2 is 2.00 bits per heavy atom. The molecule has 0 aromatic carbocycles. The fourth-order valence-corrected chi connectivity index (χ4v) is 2.57. The van der Waals surface area contributed by atoms with Crippen molar-refractivity contribution in [3.8, 4) is 5.88 Å². The quantitative estimate of drug-likeness (QED) is 0.863. The minimum absolute atomic E-state index is 0.0361. The summed E-state index contributed by atoms with van der Waals surface area (Å²) in [5, 5.41) is 3.16. The molecule has 1 aromatic rings. The van der Waals surface area contributed by atoms with E-state index in [2.05, 4.69) is 27.2 Å². The summed E-state index contributed by atoms with van der Waals surface area (Å²) in [6, 6.07) is 0.265. The summed E-state index contributed by atoms with van der Waals surface area (Å²) in [7, 11) is 2.11. The van der Waals surface area contributed by atoms with Gasteiger partial charge in [-0.25, -0.2) is 4.98 Å². The summed E-state index contributed by atoms with van der Waals surface area (Å²) in [4.78, 5) is 23.3. The number of aryl methyl sites for hydroxylation is 1. The van der Waals surface area contributed by atoms with Gasteiger partial charge in [-0.2, -0.15) is 0 Å². The molecule has 0 aliphatic carbocycles. The van der Waals surface area contributed by atoms with Crippen LogP contribution in [-0.2, 0) is 11.2 Å². The summed E-state index contributed by atoms with van der Waals surface area (Å²) < 4.78 is 5.78. The van der Waals surface area contributed by atoms with Crippen LogP contribution in [0.25, 0.3) is 0 Å². The number of carbonyl (C=O) groups excluding carboxylic acids is 1. The van der Waals surface area contributed by atoms with Gasteiger partial charge in [0.05, 0.1) is 5.41 Å². The van der Waals surface area contributed by atoms with Gasteiger partial charge in [0.25, 0.3) is 0 Å². The molecule has 1 aliphatic rings. The van der Waals surface area contributed by atoms with Crippen molar-refractivity contribution in [2.45, 2.75) is 46.1 Å². The van der Waals surface area contributed by atoms with E-state index in [1.807, 2.05) is 20.8 Å². The summed E-state index contributed by atoms with van der Waals surface area (Å²) in [6.07, 6.45) is 6.03. The third-order valence-corrected chi connectivity index (χ3v) is 4.31. The maximum Gasteiger partial charge on any atom is 0.235 e. The number of nitrogens with zero attached hydrogens (tertiary/aromatic N) is 3. The molecular weight excluding hydrogens is 292 g/mol. The van der Waals surface area contributed by atoms with Crippen molar-refractivity contribution in [1.29, 1.82) is 0 Å². The van der Waals surface area contributed by atoms with Crippen molar-refractivity contribution in [3.63, 3.8) is 0 Å². The van der Waals surface area contributed by atoms with Crippen LogP contribution < -0.4 is 10.1 Å². The van der Waals surface area contributed by atoms with Gasteiger partial charge in [-0.05, 0) is 53.2 Å². The Bertz CT molecular complexity index is 525. The predicted molar refractivity (Wildman–Crippen MR) is 89.3 cm³/mol. The fourth-order valence-electron chi connectivity index (χ4n) is 2.57. The zero-order chi connectivity index (χ0) is 16.9. The fraction of sp³-hybridized carbons (Fsp3) is 0.706. The molecule has 23 heavy (non-hydrogen) atoms. The Kier molecular flexibility index (Phi) is 5.93. The van der Waals surface area contributed by atoms with E-state index in [4.69, 9.17) is 4.74 Å². The van der Waals surface area contributed by atoms with Crippen molar-refractivity contribution in [2.75, 3.05) is 26.7 Å². The van der Waals surface area contributed by atoms with Crippen molar-refractivity contribution in [2.24, 2.45) is 5.41 Å². The minimum Gasteiger partial charge on any atom is -0.475 e. The summed E-state index contributed by atoms with van der Waals surface area (Å²) in [5.74, 6) is 0.559. The van der Waals surface area contributed by atoms with Crippen LogP contribution in [0.1, 0.15) is 39.3 Å². The number of piperidine rings is 1. The Balaban J connectivity index is 1.88. The maximum atomic E-state index is 12.5. The lowest BCUT2D eigenvalue weighted by Gasteiger charge is -2.32. The van der Waals surface area contributed by atoms with Crippen LogP contribution in [-0.4, -0.2) is 53.6 Å². The number of amides is 1. The molecule has 128 valence electrons. The van der Waals surface area contributed by atoms with E-state index < -0.39 is 5.41 Å². The van der Waals surface area contributed by atoms with E-state index in [1.54, 1.807) is 12.4 Å². The zero-order valence-corrected chi connectivity index (χ0v) is 14.6. The van der Waals surface area contributed by atoms with Crippen LogP contribution in [0.15, 0.2) is 12.4 Å². The molecule has 0 atom stereocenters. The van der Waals surface area contributed by atoms with E-state index in [1.165, 1.54) is 0 Å². The highest BCUT2D eigenvalue weighted by Gasteiger charge is 2.31. The first kappa shape index (κ1) is 17.7. The number of hydrogen-bond acceptors (Lipinski definition) is 5. The standard InChI is InChI=1S/C17H28N4O2/c1-5-14-15(19-9-8-18-14)23-12-17(2,3)16(22)20-13-6-10-21(4)11-7-13/h8-9,13H,5-7,10-12H2,1-4H3,(H,20,22). The minimum atomic E-state index is -0.605. The molecule has 0 spiro atoms. The van der Waals surface area contributed by atoms with Gasteiger partial charge < -0.3 is 15.0 Å². The summed E-state index contributed by atoms with van der Waals surface area (Å²) >= 11 is 0. The van der Waals surface area contributed by atoms with Gasteiger partial charge in [0.2, 0.25) is 11.8 Å². The Morgan fingerprint density at radius 3 is 2.65 bits per heavy atom. The molecule has 1 aromatic heterocycles. The maximum absolute atomic E-state index is 12.5. The summed E-state index contributed by atoms with van der Waals surface area (Å²) in [6.45, 7) is 8.16. The van der Waals surface area contributed by atoms with Crippen LogP contribution in [0.3, 0.4) is 0 Å². The van der Waals surface area contributed by atoms with E-state index in [0.717, 1.165) is 38.0 Å². The molecular formula is C17H28N4O2. The molecule has 6 heteroatoms. The second-order valence-electron chi connectivity index (χ2n) is 6.89. The highest BCUT2D eigenvalue weighted by atomic mass is 16.5. The third-order valence-electron chi connectivity index (χ3n) is 4.31. The molecule has 1 N–H and O–H groups in total. The second kappa shape index (κ2) is 7.73. The molecule has 2 rings (SSSR count). The van der Waals surface area contributed by atoms with Gasteiger partial charge in [-0.3, -0.25) is 9.78 Å². The molecule has 0 saturated carbocycles. The third kappa shape index (κ3) is 4.89. The van der Waals surface area contributed by atoms with Crippen LogP contribution in [0.2, 0.25) is 0 Å². The molecule has 0 unspecified atom stereocenters. The van der Waals surface area contributed by atoms with E-state index in [-0.39, 0.29) is 18.6 Å². The SMILES string of the molecule is CCc1nccnc1OCC(C)(C)C(=O)NC1CCN(C)CC1. The number of ether oxygens (including phenoxy) is 1. The van der Waals surface area contributed by atoms with Crippen molar-refractivity contribution < 1.29 is 9.53 Å². The predicted octanol–water partition coefficient (Wildman–Crippen LogP) is 1.65. The monoisotopic (exact) mass is 320 g/mol. The largest absolute Gasteiger partial charge is 0.475 e. The number of rotatable bonds is 6. The molecule has 1 amide bonds. The molecule has 2 heterocycles. The molecule has 6 nitrogen and oxygen atoms in total. The van der Waals surface area contributed by atoms with Crippen molar-refractivity contribution in [3.05, 3.63) is 18.1 Å². The lowest BCUT2D eigenvalue weighted by molar-refractivity contribution is -0.132. The topological polar surface area (TPSA) is 67.3 Å². The molecule has 1 saturated heterocycles. The molecule has 0 radical (unpaired) electrons. The van der Waals surface area contributed by atoms with E-state index in [9.17, 15) is 4.79 Å². The second-order valence-corrected chi connectivity index (χ2v) is 6.89. The van der Waals surface area contributed by atoms with Crippen molar-refractivity contribution >= 4 is 5.91 Å². The highest BCUT2D eigenvalue weighted by Crippen LogP contribution is 2.21. The molecule has 1 aliphatic heterocycles. The van der Waals surface area contributed by atoms with Crippen LogP contribution >= 0.6 is 0 Å². The van der Waals surface area contributed by atoms with Crippen LogP contribution in [0.4, 0.5) is 0 Å².